The number of hydrogen-bond donors (Lipinski definition) is 1. The summed E-state index contributed by atoms with van der Waals surface area (Å²) in [5.74, 6) is 1.86. The minimum absolute atomic E-state index is 0. The van der Waals surface area contributed by atoms with Crippen molar-refractivity contribution in [1.29, 1.82) is 5.26 Å². The number of nitrogens with zero attached hydrogens (tertiary/aromatic N) is 2. The third-order valence-corrected chi connectivity index (χ3v) is 3.81. The van der Waals surface area contributed by atoms with Gasteiger partial charge >= 0.3 is 0 Å². The second-order valence-corrected chi connectivity index (χ2v) is 5.62. The smallest absolute Gasteiger partial charge is 0.161 e. The van der Waals surface area contributed by atoms with Crippen molar-refractivity contribution in [2.24, 2.45) is 0 Å². The highest BCUT2D eigenvalue weighted by Gasteiger charge is 2.10. The fourth-order valence-corrected chi connectivity index (χ4v) is 2.62. The van der Waals surface area contributed by atoms with E-state index in [-0.39, 0.29) is 12.4 Å². The number of hydrogen-bond acceptors (Lipinski definition) is 4. The van der Waals surface area contributed by atoms with Crippen molar-refractivity contribution in [3.63, 3.8) is 0 Å². The molecule has 0 aliphatic rings. The zero-order chi connectivity index (χ0) is 17.8. The number of benzene rings is 2. The Labute approximate surface area is 158 Å². The first-order chi connectivity index (χ1) is 12.1. The van der Waals surface area contributed by atoms with Crippen LogP contribution in [0.2, 0.25) is 0 Å². The molecule has 1 N–H and O–H groups in total. The van der Waals surface area contributed by atoms with Crippen molar-refractivity contribution < 1.29 is 9.47 Å². The summed E-state index contributed by atoms with van der Waals surface area (Å²) in [6.07, 6.45) is 1.78. The zero-order valence-corrected chi connectivity index (χ0v) is 15.7. The molecule has 0 radical (unpaired) electrons. The topological polar surface area (TPSA) is 70.9 Å². The van der Waals surface area contributed by atoms with Crippen LogP contribution in [-0.2, 0) is 0 Å². The largest absolute Gasteiger partial charge is 0.493 e. The van der Waals surface area contributed by atoms with Crippen molar-refractivity contribution in [3.05, 3.63) is 53.3 Å². The first kappa shape index (κ1) is 19.4. The molecule has 0 aliphatic heterocycles. The Morgan fingerprint density at radius 1 is 1.23 bits per heavy atom. The predicted octanol–water partition coefficient (Wildman–Crippen LogP) is 4.76. The lowest BCUT2D eigenvalue weighted by molar-refractivity contribution is 0.311. The minimum Gasteiger partial charge on any atom is -0.493 e. The van der Waals surface area contributed by atoms with Crippen LogP contribution >= 0.6 is 12.4 Å². The van der Waals surface area contributed by atoms with Crippen LogP contribution in [-0.4, -0.2) is 23.7 Å². The number of aromatic amines is 1. The average molecular weight is 370 g/mol. The molecule has 1 aromatic heterocycles. The molecule has 0 aliphatic carbocycles. The second-order valence-electron chi connectivity index (χ2n) is 5.62. The molecular weight excluding hydrogens is 350 g/mol. The van der Waals surface area contributed by atoms with E-state index >= 15 is 0 Å². The molecule has 0 atom stereocenters. The van der Waals surface area contributed by atoms with E-state index in [1.807, 2.05) is 50.2 Å². The Morgan fingerprint density at radius 3 is 2.73 bits per heavy atom. The SMILES string of the molecule is CCOc1ccc(C=C(C#N)c2nc3ccc(C)cc3[nH]2)cc1OC.Cl. The van der Waals surface area contributed by atoms with E-state index in [1.54, 1.807) is 13.2 Å². The summed E-state index contributed by atoms with van der Waals surface area (Å²) >= 11 is 0. The Balaban J connectivity index is 0.00000243. The van der Waals surface area contributed by atoms with Gasteiger partial charge < -0.3 is 14.5 Å². The van der Waals surface area contributed by atoms with Gasteiger partial charge in [-0.3, -0.25) is 0 Å². The molecule has 3 rings (SSSR count). The van der Waals surface area contributed by atoms with Gasteiger partial charge in [-0.2, -0.15) is 5.26 Å². The summed E-state index contributed by atoms with van der Waals surface area (Å²) in [4.78, 5) is 7.72. The van der Waals surface area contributed by atoms with Crippen LogP contribution in [0.15, 0.2) is 36.4 Å². The molecule has 3 aromatic rings. The van der Waals surface area contributed by atoms with Crippen LogP contribution in [0.3, 0.4) is 0 Å². The van der Waals surface area contributed by atoms with Crippen LogP contribution in [0, 0.1) is 18.3 Å². The van der Waals surface area contributed by atoms with Crippen molar-refractivity contribution in [3.8, 4) is 17.6 Å². The van der Waals surface area contributed by atoms with Gasteiger partial charge in [0.1, 0.15) is 11.9 Å². The number of methoxy groups -OCH3 is 1. The maximum Gasteiger partial charge on any atom is 0.161 e. The molecule has 1 heterocycles. The summed E-state index contributed by atoms with van der Waals surface area (Å²) in [5, 5.41) is 9.55. The fraction of sp³-hybridized carbons (Fsp3) is 0.200. The van der Waals surface area contributed by atoms with Gasteiger partial charge in [-0.05, 0) is 55.3 Å². The molecule has 0 spiro atoms. The first-order valence-corrected chi connectivity index (χ1v) is 8.04. The highest BCUT2D eigenvalue weighted by atomic mass is 35.5. The number of H-pyrrole nitrogens is 1. The number of aromatic nitrogens is 2. The van der Waals surface area contributed by atoms with Gasteiger partial charge in [-0.15, -0.1) is 12.4 Å². The number of fused-ring (bicyclic) bond motifs is 1. The molecule has 0 unspecified atom stereocenters. The van der Waals surface area contributed by atoms with Crippen molar-refractivity contribution >= 4 is 35.1 Å². The number of rotatable bonds is 5. The van der Waals surface area contributed by atoms with E-state index in [0.717, 1.165) is 22.2 Å². The summed E-state index contributed by atoms with van der Waals surface area (Å²) in [7, 11) is 1.60. The zero-order valence-electron chi connectivity index (χ0n) is 14.9. The van der Waals surface area contributed by atoms with Gasteiger partial charge in [-0.1, -0.05) is 12.1 Å². The second kappa shape index (κ2) is 8.41. The van der Waals surface area contributed by atoms with Gasteiger partial charge in [0.25, 0.3) is 0 Å². The number of ether oxygens (including phenoxy) is 2. The lowest BCUT2D eigenvalue weighted by atomic mass is 10.1. The van der Waals surface area contributed by atoms with E-state index in [0.29, 0.717) is 29.5 Å². The van der Waals surface area contributed by atoms with Crippen molar-refractivity contribution in [2.45, 2.75) is 13.8 Å². The summed E-state index contributed by atoms with van der Waals surface area (Å²) in [5.41, 5.74) is 4.20. The highest BCUT2D eigenvalue weighted by Crippen LogP contribution is 2.29. The maximum absolute atomic E-state index is 9.55. The quantitative estimate of drug-likeness (QED) is 0.658. The number of allylic oxidation sites excluding steroid dienone is 1. The number of imidazole rings is 1. The molecule has 5 nitrogen and oxygen atoms in total. The molecule has 2 aromatic carbocycles. The number of nitrogens with one attached hydrogen (secondary N) is 1. The lowest BCUT2D eigenvalue weighted by Crippen LogP contribution is -1.95. The molecular formula is C20H20ClN3O2. The Bertz CT molecular complexity index is 986. The fourth-order valence-electron chi connectivity index (χ4n) is 2.62. The van der Waals surface area contributed by atoms with E-state index in [9.17, 15) is 5.26 Å². The third kappa shape index (κ3) is 3.98. The molecule has 6 heteroatoms. The minimum atomic E-state index is 0. The van der Waals surface area contributed by atoms with Crippen LogP contribution in [0.4, 0.5) is 0 Å². The summed E-state index contributed by atoms with van der Waals surface area (Å²) in [6, 6.07) is 13.7. The molecule has 0 fully saturated rings. The molecule has 0 bridgehead atoms. The maximum atomic E-state index is 9.55. The summed E-state index contributed by atoms with van der Waals surface area (Å²) in [6.45, 7) is 4.50. The normalized spacial score (nSPS) is 10.9. The average Bonchev–Trinajstić information content (AvgIpc) is 3.03. The summed E-state index contributed by atoms with van der Waals surface area (Å²) < 4.78 is 10.9. The number of nitriles is 1. The van der Waals surface area contributed by atoms with E-state index in [4.69, 9.17) is 9.47 Å². The van der Waals surface area contributed by atoms with Crippen molar-refractivity contribution in [2.75, 3.05) is 13.7 Å². The van der Waals surface area contributed by atoms with Gasteiger partial charge in [-0.25, -0.2) is 4.98 Å². The lowest BCUT2D eigenvalue weighted by Gasteiger charge is -2.09. The number of aryl methyl sites for hydroxylation is 1. The van der Waals surface area contributed by atoms with Gasteiger partial charge in [0.15, 0.2) is 11.5 Å². The monoisotopic (exact) mass is 369 g/mol. The van der Waals surface area contributed by atoms with Crippen molar-refractivity contribution in [1.82, 2.24) is 9.97 Å². The van der Waals surface area contributed by atoms with Crippen LogP contribution in [0.1, 0.15) is 23.9 Å². The molecule has 134 valence electrons. The third-order valence-electron chi connectivity index (χ3n) is 3.81. The highest BCUT2D eigenvalue weighted by molar-refractivity contribution is 5.90. The Hall–Kier alpha value is -2.97. The number of halogens is 1. The molecule has 0 saturated carbocycles. The van der Waals surface area contributed by atoms with Crippen LogP contribution < -0.4 is 9.47 Å². The van der Waals surface area contributed by atoms with E-state index in [1.165, 1.54) is 0 Å². The standard InChI is InChI=1S/C20H19N3O2.ClH/c1-4-25-18-8-6-14(11-19(18)24-3)10-15(12-21)20-22-16-7-5-13(2)9-17(16)23-20;/h5-11H,4H2,1-3H3,(H,22,23);1H. The predicted molar refractivity (Wildman–Crippen MR) is 106 cm³/mol. The molecule has 0 amide bonds. The van der Waals surface area contributed by atoms with Gasteiger partial charge in [0.05, 0.1) is 30.3 Å². The van der Waals surface area contributed by atoms with Gasteiger partial charge in [0, 0.05) is 0 Å². The Kier molecular flexibility index (Phi) is 6.26. The van der Waals surface area contributed by atoms with Crippen LogP contribution in [0.5, 0.6) is 11.5 Å². The first-order valence-electron chi connectivity index (χ1n) is 8.04. The Morgan fingerprint density at radius 2 is 2.04 bits per heavy atom. The molecule has 0 saturated heterocycles. The molecule has 26 heavy (non-hydrogen) atoms. The van der Waals surface area contributed by atoms with E-state index < -0.39 is 0 Å². The van der Waals surface area contributed by atoms with Crippen LogP contribution in [0.25, 0.3) is 22.7 Å². The van der Waals surface area contributed by atoms with E-state index in [2.05, 4.69) is 16.0 Å². The van der Waals surface area contributed by atoms with Gasteiger partial charge in [0.2, 0.25) is 0 Å².